The third-order valence-electron chi connectivity index (χ3n) is 1.89. The van der Waals surface area contributed by atoms with Crippen molar-refractivity contribution in [3.63, 3.8) is 0 Å². The Kier molecular flexibility index (Phi) is 4.77. The van der Waals surface area contributed by atoms with E-state index in [1.807, 2.05) is 13.8 Å². The average molecular weight is 243 g/mol. The Morgan fingerprint density at radius 2 is 2.12 bits per heavy atom. The highest BCUT2D eigenvalue weighted by Crippen LogP contribution is 2.26. The minimum Gasteiger partial charge on any atom is -0.489 e. The normalized spacial score (nSPS) is 10.6. The molecule has 0 saturated heterocycles. The van der Waals surface area contributed by atoms with Gasteiger partial charge in [0.15, 0.2) is 5.78 Å². The number of ether oxygens (including phenoxy) is 2. The molecular weight excluding hydrogens is 228 g/mol. The van der Waals surface area contributed by atoms with Gasteiger partial charge >= 0.3 is 0 Å². The van der Waals surface area contributed by atoms with E-state index in [9.17, 15) is 4.79 Å². The lowest BCUT2D eigenvalue weighted by Gasteiger charge is -2.11. The van der Waals surface area contributed by atoms with Crippen molar-refractivity contribution in [2.75, 3.05) is 13.7 Å². The topological polar surface area (TPSA) is 35.5 Å². The predicted molar refractivity (Wildman–Crippen MR) is 63.4 cm³/mol. The van der Waals surface area contributed by atoms with Gasteiger partial charge in [-0.15, -0.1) is 0 Å². The fraction of sp³-hybridized carbons (Fsp3) is 0.417. The smallest absolute Gasteiger partial charge is 0.188 e. The van der Waals surface area contributed by atoms with Gasteiger partial charge in [-0.2, -0.15) is 0 Å². The highest BCUT2D eigenvalue weighted by molar-refractivity contribution is 6.32. The van der Waals surface area contributed by atoms with Gasteiger partial charge in [-0.25, -0.2) is 0 Å². The van der Waals surface area contributed by atoms with Gasteiger partial charge < -0.3 is 9.47 Å². The summed E-state index contributed by atoms with van der Waals surface area (Å²) in [6.45, 7) is 3.89. The first-order valence-corrected chi connectivity index (χ1v) is 5.40. The van der Waals surface area contributed by atoms with Crippen LogP contribution < -0.4 is 4.74 Å². The van der Waals surface area contributed by atoms with Crippen LogP contribution in [0.15, 0.2) is 18.2 Å². The average Bonchev–Trinajstić information content (AvgIpc) is 2.20. The predicted octanol–water partition coefficient (Wildman–Crippen LogP) is 2.96. The molecule has 0 aromatic heterocycles. The Hall–Kier alpha value is -1.06. The Labute approximate surface area is 100 Å². The van der Waals surface area contributed by atoms with E-state index < -0.39 is 0 Å². The summed E-state index contributed by atoms with van der Waals surface area (Å²) in [6, 6.07) is 4.98. The minimum atomic E-state index is -0.0968. The molecular formula is C12H15ClO3. The second-order valence-corrected chi connectivity index (χ2v) is 4.08. The van der Waals surface area contributed by atoms with Crippen LogP contribution in [0.3, 0.4) is 0 Å². The number of halogens is 1. The largest absolute Gasteiger partial charge is 0.489 e. The van der Waals surface area contributed by atoms with Crippen LogP contribution in [0, 0.1) is 0 Å². The summed E-state index contributed by atoms with van der Waals surface area (Å²) in [5.41, 5.74) is 0.531. The third kappa shape index (κ3) is 3.51. The number of hydrogen-bond donors (Lipinski definition) is 0. The van der Waals surface area contributed by atoms with E-state index in [1.54, 1.807) is 18.2 Å². The molecule has 0 aliphatic heterocycles. The van der Waals surface area contributed by atoms with Crippen LogP contribution in [0.5, 0.6) is 5.75 Å². The van der Waals surface area contributed by atoms with Gasteiger partial charge in [-0.1, -0.05) is 11.6 Å². The maximum Gasteiger partial charge on any atom is 0.188 e. The summed E-state index contributed by atoms with van der Waals surface area (Å²) < 4.78 is 10.2. The van der Waals surface area contributed by atoms with Crippen molar-refractivity contribution >= 4 is 17.4 Å². The molecule has 4 heteroatoms. The van der Waals surface area contributed by atoms with Crippen molar-refractivity contribution in [2.45, 2.75) is 20.0 Å². The van der Waals surface area contributed by atoms with Crippen LogP contribution in [0.25, 0.3) is 0 Å². The summed E-state index contributed by atoms with van der Waals surface area (Å²) in [5.74, 6) is 0.492. The Bertz CT molecular complexity index is 375. The zero-order valence-electron chi connectivity index (χ0n) is 9.62. The fourth-order valence-electron chi connectivity index (χ4n) is 1.24. The number of ketones is 1. The number of carbonyl (C=O) groups is 1. The van der Waals surface area contributed by atoms with Crippen LogP contribution >= 0.6 is 11.6 Å². The second kappa shape index (κ2) is 5.87. The Morgan fingerprint density at radius 3 is 2.62 bits per heavy atom. The second-order valence-electron chi connectivity index (χ2n) is 3.67. The first-order valence-electron chi connectivity index (χ1n) is 5.03. The number of hydrogen-bond acceptors (Lipinski definition) is 3. The van der Waals surface area contributed by atoms with Crippen LogP contribution in [-0.2, 0) is 4.74 Å². The lowest BCUT2D eigenvalue weighted by Crippen LogP contribution is -2.09. The van der Waals surface area contributed by atoms with Crippen LogP contribution in [0.4, 0.5) is 0 Å². The summed E-state index contributed by atoms with van der Waals surface area (Å²) in [5, 5.41) is 0.440. The van der Waals surface area contributed by atoms with Crippen LogP contribution in [-0.4, -0.2) is 25.6 Å². The molecule has 16 heavy (non-hydrogen) atoms. The maximum absolute atomic E-state index is 11.5. The molecule has 1 aromatic rings. The molecule has 1 rings (SSSR count). The van der Waals surface area contributed by atoms with E-state index in [0.717, 1.165) is 0 Å². The Morgan fingerprint density at radius 1 is 1.44 bits per heavy atom. The SMILES string of the molecule is COCC(=O)c1ccc(OC(C)C)c(Cl)c1. The molecule has 0 amide bonds. The third-order valence-corrected chi connectivity index (χ3v) is 2.19. The van der Waals surface area contributed by atoms with Crippen molar-refractivity contribution in [3.8, 4) is 5.75 Å². The molecule has 1 aromatic carbocycles. The van der Waals surface area contributed by atoms with E-state index in [-0.39, 0.29) is 18.5 Å². The molecule has 3 nitrogen and oxygen atoms in total. The van der Waals surface area contributed by atoms with Gasteiger partial charge in [-0.3, -0.25) is 4.79 Å². The fourth-order valence-corrected chi connectivity index (χ4v) is 1.46. The van der Waals surface area contributed by atoms with Crippen molar-refractivity contribution in [3.05, 3.63) is 28.8 Å². The number of benzene rings is 1. The monoisotopic (exact) mass is 242 g/mol. The maximum atomic E-state index is 11.5. The van der Waals surface area contributed by atoms with E-state index >= 15 is 0 Å². The summed E-state index contributed by atoms with van der Waals surface area (Å²) >= 11 is 6.00. The van der Waals surface area contributed by atoms with Crippen LogP contribution in [0.1, 0.15) is 24.2 Å². The highest BCUT2D eigenvalue weighted by atomic mass is 35.5. The molecule has 0 aliphatic carbocycles. The molecule has 0 bridgehead atoms. The summed E-state index contributed by atoms with van der Waals surface area (Å²) in [4.78, 5) is 11.5. The van der Waals surface area contributed by atoms with Crippen LogP contribution in [0.2, 0.25) is 5.02 Å². The quantitative estimate of drug-likeness (QED) is 0.745. The zero-order valence-corrected chi connectivity index (χ0v) is 10.4. The molecule has 0 spiro atoms. The van der Waals surface area contributed by atoms with E-state index in [0.29, 0.717) is 16.3 Å². The van der Waals surface area contributed by atoms with Gasteiger partial charge in [0.1, 0.15) is 12.4 Å². The summed E-state index contributed by atoms with van der Waals surface area (Å²) in [6.07, 6.45) is 0.0537. The molecule has 0 heterocycles. The molecule has 0 N–H and O–H groups in total. The van der Waals surface area contributed by atoms with Crippen molar-refractivity contribution in [1.29, 1.82) is 0 Å². The molecule has 88 valence electrons. The Balaban J connectivity index is 2.86. The van der Waals surface area contributed by atoms with E-state index in [4.69, 9.17) is 21.1 Å². The van der Waals surface area contributed by atoms with Gasteiger partial charge in [0.2, 0.25) is 0 Å². The molecule has 0 unspecified atom stereocenters. The molecule has 0 radical (unpaired) electrons. The van der Waals surface area contributed by atoms with Crippen molar-refractivity contribution < 1.29 is 14.3 Å². The molecule has 0 atom stereocenters. The van der Waals surface area contributed by atoms with Crippen molar-refractivity contribution in [1.82, 2.24) is 0 Å². The van der Waals surface area contributed by atoms with Gasteiger partial charge in [0.05, 0.1) is 11.1 Å². The van der Waals surface area contributed by atoms with Gasteiger partial charge in [-0.05, 0) is 32.0 Å². The standard InChI is InChI=1S/C12H15ClO3/c1-8(2)16-12-5-4-9(6-10(12)13)11(14)7-15-3/h4-6,8H,7H2,1-3H3. The molecule has 0 saturated carbocycles. The first-order chi connectivity index (χ1) is 7.54. The van der Waals surface area contributed by atoms with E-state index in [1.165, 1.54) is 7.11 Å². The number of methoxy groups -OCH3 is 1. The first kappa shape index (κ1) is 13.0. The lowest BCUT2D eigenvalue weighted by atomic mass is 10.1. The van der Waals surface area contributed by atoms with Crippen molar-refractivity contribution in [2.24, 2.45) is 0 Å². The number of carbonyl (C=O) groups excluding carboxylic acids is 1. The van der Waals surface area contributed by atoms with Gasteiger partial charge in [0.25, 0.3) is 0 Å². The molecule has 0 aliphatic rings. The van der Waals surface area contributed by atoms with Gasteiger partial charge in [0, 0.05) is 12.7 Å². The zero-order chi connectivity index (χ0) is 12.1. The lowest BCUT2D eigenvalue weighted by molar-refractivity contribution is 0.0848. The highest BCUT2D eigenvalue weighted by Gasteiger charge is 2.09. The number of rotatable bonds is 5. The minimum absolute atomic E-state index is 0.0537. The number of Topliss-reactive ketones (excluding diaryl/α,β-unsaturated/α-hetero) is 1. The summed E-state index contributed by atoms with van der Waals surface area (Å²) in [7, 11) is 1.48. The molecule has 0 fully saturated rings. The van der Waals surface area contributed by atoms with E-state index in [2.05, 4.69) is 0 Å².